The minimum atomic E-state index is 0.914. The van der Waals surface area contributed by atoms with E-state index in [1.165, 1.54) is 30.7 Å². The molecule has 5 heteroatoms. The minimum absolute atomic E-state index is 0.914. The first-order valence-electron chi connectivity index (χ1n) is 7.11. The van der Waals surface area contributed by atoms with Gasteiger partial charge in [0, 0.05) is 11.4 Å². The van der Waals surface area contributed by atoms with Crippen LogP contribution in [0, 0.1) is 0 Å². The first kappa shape index (κ1) is 13.2. The number of aliphatic imine (C=N–C) groups is 1. The number of allylic oxidation sites excluding steroid dienone is 1. The van der Waals surface area contributed by atoms with E-state index in [4.69, 9.17) is 4.74 Å². The number of nitrogens with zero attached hydrogens (tertiary/aromatic N) is 2. The first-order valence-corrected chi connectivity index (χ1v) is 8.75. The first-order chi connectivity index (χ1) is 10.3. The quantitative estimate of drug-likeness (QED) is 0.838. The standard InChI is InChI=1S/C16H16N2OS2/c1-3-12-14(18-8-7-17-16(18)21-12)13-9-10-5-4-6-11(19-2)15(10)20-13/h4-6,9H,3,7-8H2,1-2H3. The van der Waals surface area contributed by atoms with Gasteiger partial charge in [0.05, 0.1) is 28.9 Å². The molecule has 2 aliphatic rings. The zero-order valence-electron chi connectivity index (χ0n) is 12.0. The van der Waals surface area contributed by atoms with Crippen molar-refractivity contribution in [2.45, 2.75) is 13.3 Å². The van der Waals surface area contributed by atoms with Crippen molar-refractivity contribution in [1.82, 2.24) is 4.90 Å². The molecule has 1 aromatic heterocycles. The van der Waals surface area contributed by atoms with Crippen LogP contribution in [-0.4, -0.2) is 30.3 Å². The van der Waals surface area contributed by atoms with Crippen molar-refractivity contribution < 1.29 is 4.74 Å². The molecule has 0 bridgehead atoms. The van der Waals surface area contributed by atoms with Crippen LogP contribution >= 0.6 is 23.1 Å². The number of thiophene rings is 1. The van der Waals surface area contributed by atoms with Gasteiger partial charge < -0.3 is 9.64 Å². The van der Waals surface area contributed by atoms with Gasteiger partial charge in [-0.05, 0) is 23.9 Å². The molecular weight excluding hydrogens is 300 g/mol. The summed E-state index contributed by atoms with van der Waals surface area (Å²) in [6.07, 6.45) is 1.06. The van der Waals surface area contributed by atoms with Crippen molar-refractivity contribution in [3.8, 4) is 5.75 Å². The van der Waals surface area contributed by atoms with Crippen molar-refractivity contribution in [3.63, 3.8) is 0 Å². The Morgan fingerprint density at radius 3 is 3.10 bits per heavy atom. The number of hydrogen-bond acceptors (Lipinski definition) is 5. The van der Waals surface area contributed by atoms with Crippen molar-refractivity contribution in [1.29, 1.82) is 0 Å². The van der Waals surface area contributed by atoms with Gasteiger partial charge in [-0.1, -0.05) is 30.8 Å². The van der Waals surface area contributed by atoms with E-state index in [1.54, 1.807) is 7.11 Å². The van der Waals surface area contributed by atoms with Gasteiger partial charge in [0.2, 0.25) is 0 Å². The Hall–Kier alpha value is -1.46. The molecule has 108 valence electrons. The Balaban J connectivity index is 1.87. The molecular formula is C16H16N2OS2. The number of fused-ring (bicyclic) bond motifs is 2. The lowest BCUT2D eigenvalue weighted by molar-refractivity contribution is 0.420. The molecule has 3 nitrogen and oxygen atoms in total. The van der Waals surface area contributed by atoms with Crippen molar-refractivity contribution >= 4 is 44.0 Å². The monoisotopic (exact) mass is 316 g/mol. The normalized spacial score (nSPS) is 17.6. The highest BCUT2D eigenvalue weighted by molar-refractivity contribution is 8.17. The lowest BCUT2D eigenvalue weighted by atomic mass is 10.2. The van der Waals surface area contributed by atoms with E-state index in [0.717, 1.165) is 25.3 Å². The van der Waals surface area contributed by atoms with E-state index in [1.807, 2.05) is 29.2 Å². The lowest BCUT2D eigenvalue weighted by Gasteiger charge is -2.15. The summed E-state index contributed by atoms with van der Waals surface area (Å²) < 4.78 is 6.72. The zero-order chi connectivity index (χ0) is 14.4. The molecule has 1 aromatic carbocycles. The largest absolute Gasteiger partial charge is 0.495 e. The second kappa shape index (κ2) is 5.07. The maximum atomic E-state index is 5.50. The number of benzene rings is 1. The van der Waals surface area contributed by atoms with Crippen LogP contribution in [0.25, 0.3) is 15.8 Å². The molecule has 0 unspecified atom stereocenters. The molecule has 21 heavy (non-hydrogen) atoms. The van der Waals surface area contributed by atoms with Crippen LogP contribution in [0.2, 0.25) is 0 Å². The Morgan fingerprint density at radius 2 is 2.29 bits per heavy atom. The average Bonchev–Trinajstić information content (AvgIpc) is 3.18. The summed E-state index contributed by atoms with van der Waals surface area (Å²) in [5.74, 6) is 0.961. The second-order valence-corrected chi connectivity index (χ2v) is 7.15. The highest BCUT2D eigenvalue weighted by Crippen LogP contribution is 2.46. The lowest BCUT2D eigenvalue weighted by Crippen LogP contribution is -2.19. The SMILES string of the molecule is CCC1=C(c2cc3cccc(OC)c3s2)N2CCN=C2S1. The van der Waals surface area contributed by atoms with Crippen LogP contribution in [0.4, 0.5) is 0 Å². The molecule has 0 radical (unpaired) electrons. The fourth-order valence-electron chi connectivity index (χ4n) is 2.85. The zero-order valence-corrected chi connectivity index (χ0v) is 13.7. The van der Waals surface area contributed by atoms with Gasteiger partial charge in [0.15, 0.2) is 5.17 Å². The van der Waals surface area contributed by atoms with Gasteiger partial charge in [-0.15, -0.1) is 11.3 Å². The van der Waals surface area contributed by atoms with E-state index in [9.17, 15) is 0 Å². The molecule has 2 aliphatic heterocycles. The molecule has 0 spiro atoms. The van der Waals surface area contributed by atoms with Gasteiger partial charge in [0.25, 0.3) is 0 Å². The number of rotatable bonds is 3. The van der Waals surface area contributed by atoms with Gasteiger partial charge in [-0.3, -0.25) is 4.99 Å². The third-order valence-corrected chi connectivity index (χ3v) is 6.27. The summed E-state index contributed by atoms with van der Waals surface area (Å²) in [6, 6.07) is 8.53. The maximum Gasteiger partial charge on any atom is 0.168 e. The minimum Gasteiger partial charge on any atom is -0.495 e. The number of hydrogen-bond donors (Lipinski definition) is 0. The molecule has 4 rings (SSSR count). The van der Waals surface area contributed by atoms with Crippen LogP contribution in [0.15, 0.2) is 34.2 Å². The van der Waals surface area contributed by atoms with E-state index in [0.29, 0.717) is 0 Å². The van der Waals surface area contributed by atoms with Crippen molar-refractivity contribution in [2.24, 2.45) is 4.99 Å². The van der Waals surface area contributed by atoms with Crippen LogP contribution in [0.5, 0.6) is 5.75 Å². The predicted octanol–water partition coefficient (Wildman–Crippen LogP) is 4.41. The molecule has 0 saturated carbocycles. The molecule has 2 aromatic rings. The van der Waals surface area contributed by atoms with Gasteiger partial charge in [-0.25, -0.2) is 0 Å². The van der Waals surface area contributed by atoms with Crippen LogP contribution in [0.1, 0.15) is 18.2 Å². The van der Waals surface area contributed by atoms with Crippen LogP contribution in [0.3, 0.4) is 0 Å². The summed E-state index contributed by atoms with van der Waals surface area (Å²) in [7, 11) is 1.74. The van der Waals surface area contributed by atoms with Crippen molar-refractivity contribution in [2.75, 3.05) is 20.2 Å². The summed E-state index contributed by atoms with van der Waals surface area (Å²) in [5.41, 5.74) is 1.36. The van der Waals surface area contributed by atoms with Gasteiger partial charge in [-0.2, -0.15) is 0 Å². The Kier molecular flexibility index (Phi) is 3.19. The molecule has 0 amide bonds. The predicted molar refractivity (Wildman–Crippen MR) is 92.2 cm³/mol. The summed E-state index contributed by atoms with van der Waals surface area (Å²) in [5, 5.41) is 2.43. The number of methoxy groups -OCH3 is 1. The molecule has 0 aliphatic carbocycles. The molecule has 3 heterocycles. The fraction of sp³-hybridized carbons (Fsp3) is 0.312. The Morgan fingerprint density at radius 1 is 1.38 bits per heavy atom. The third-order valence-electron chi connectivity index (χ3n) is 3.83. The summed E-state index contributed by atoms with van der Waals surface area (Å²) in [4.78, 5) is 9.73. The average molecular weight is 316 g/mol. The van der Waals surface area contributed by atoms with E-state index in [-0.39, 0.29) is 0 Å². The van der Waals surface area contributed by atoms with Crippen LogP contribution in [-0.2, 0) is 0 Å². The highest BCUT2D eigenvalue weighted by Gasteiger charge is 2.33. The number of thioether (sulfide) groups is 1. The molecule has 0 fully saturated rings. The topological polar surface area (TPSA) is 24.8 Å². The van der Waals surface area contributed by atoms with E-state index >= 15 is 0 Å². The smallest absolute Gasteiger partial charge is 0.168 e. The summed E-state index contributed by atoms with van der Waals surface area (Å²) in [6.45, 7) is 4.14. The van der Waals surface area contributed by atoms with Crippen molar-refractivity contribution in [3.05, 3.63) is 34.0 Å². The van der Waals surface area contributed by atoms with E-state index < -0.39 is 0 Å². The number of amidine groups is 1. The summed E-state index contributed by atoms with van der Waals surface area (Å²) >= 11 is 3.66. The Labute approximate surface area is 132 Å². The Bertz CT molecular complexity index is 776. The van der Waals surface area contributed by atoms with E-state index in [2.05, 4.69) is 35.0 Å². The number of ether oxygens (including phenoxy) is 1. The molecule has 0 saturated heterocycles. The van der Waals surface area contributed by atoms with Gasteiger partial charge in [0.1, 0.15) is 5.75 Å². The second-order valence-electron chi connectivity index (χ2n) is 5.03. The fourth-order valence-corrected chi connectivity index (χ4v) is 5.28. The third kappa shape index (κ3) is 1.99. The van der Waals surface area contributed by atoms with Crippen LogP contribution < -0.4 is 4.74 Å². The molecule has 0 atom stereocenters. The molecule has 0 N–H and O–H groups in total. The maximum absolute atomic E-state index is 5.50. The van der Waals surface area contributed by atoms with Gasteiger partial charge >= 0.3 is 0 Å². The highest BCUT2D eigenvalue weighted by atomic mass is 32.2.